The van der Waals surface area contributed by atoms with E-state index < -0.39 is 0 Å². The molecule has 0 atom stereocenters. The van der Waals surface area contributed by atoms with Crippen molar-refractivity contribution in [2.45, 2.75) is 6.42 Å². The van der Waals surface area contributed by atoms with Gasteiger partial charge in [-0.05, 0) is 58.6 Å². The molecule has 0 spiro atoms. The van der Waals surface area contributed by atoms with E-state index >= 15 is 0 Å². The van der Waals surface area contributed by atoms with Crippen LogP contribution in [0.4, 0.5) is 0 Å². The molecule has 0 unspecified atom stereocenters. The van der Waals surface area contributed by atoms with Gasteiger partial charge in [-0.25, -0.2) is 0 Å². The average molecular weight is 443 g/mol. The normalized spacial score (nSPS) is 11.9. The molecular formula is C30H22N2S. The maximum Gasteiger partial charge on any atom is 0.0988 e. The maximum atomic E-state index is 9.12. The lowest BCUT2D eigenvalue weighted by atomic mass is 10.0. The minimum absolute atomic E-state index is 0.576. The summed E-state index contributed by atoms with van der Waals surface area (Å²) in [6, 6.07) is 34.7. The Labute approximate surface area is 197 Å². The fraction of sp³-hybridized carbons (Fsp3) is 0.0333. The largest absolute Gasteiger partial charge is 0.405 e. The Morgan fingerprint density at radius 2 is 1.33 bits per heavy atom. The number of rotatable bonds is 5. The number of nitrogens with zero attached hydrogens (tertiary/aromatic N) is 1. The van der Waals surface area contributed by atoms with Crippen molar-refractivity contribution in [1.29, 1.82) is 5.26 Å². The molecule has 5 rings (SSSR count). The monoisotopic (exact) mass is 442 g/mol. The second kappa shape index (κ2) is 9.16. The van der Waals surface area contributed by atoms with E-state index in [1.54, 1.807) is 6.08 Å². The lowest BCUT2D eigenvalue weighted by molar-refractivity contribution is 1.25. The molecular weight excluding hydrogens is 420 g/mol. The van der Waals surface area contributed by atoms with E-state index in [9.17, 15) is 0 Å². The van der Waals surface area contributed by atoms with Gasteiger partial charge in [-0.1, -0.05) is 84.9 Å². The van der Waals surface area contributed by atoms with E-state index in [4.69, 9.17) is 11.0 Å². The van der Waals surface area contributed by atoms with E-state index in [-0.39, 0.29) is 0 Å². The summed E-state index contributed by atoms with van der Waals surface area (Å²) >= 11 is 1.85. The molecule has 0 amide bonds. The molecule has 0 saturated carbocycles. The Hall–Kier alpha value is -4.13. The summed E-state index contributed by atoms with van der Waals surface area (Å²) in [5.74, 6) is 0. The van der Waals surface area contributed by atoms with Gasteiger partial charge in [-0.3, -0.25) is 0 Å². The number of hydrogen-bond acceptors (Lipinski definition) is 3. The van der Waals surface area contributed by atoms with Crippen LogP contribution in [0.5, 0.6) is 0 Å². The summed E-state index contributed by atoms with van der Waals surface area (Å²) in [5.41, 5.74) is 12.0. The van der Waals surface area contributed by atoms with Gasteiger partial charge in [0.15, 0.2) is 0 Å². The van der Waals surface area contributed by atoms with Crippen LogP contribution < -0.4 is 5.73 Å². The lowest BCUT2D eigenvalue weighted by Crippen LogP contribution is -1.85. The zero-order valence-corrected chi connectivity index (χ0v) is 18.8. The molecule has 1 aromatic heterocycles. The van der Waals surface area contributed by atoms with Crippen molar-refractivity contribution in [3.63, 3.8) is 0 Å². The van der Waals surface area contributed by atoms with E-state index in [0.717, 1.165) is 5.56 Å². The predicted octanol–water partition coefficient (Wildman–Crippen LogP) is 7.85. The number of fused-ring (bicyclic) bond motifs is 3. The minimum Gasteiger partial charge on any atom is -0.405 e. The summed E-state index contributed by atoms with van der Waals surface area (Å²) in [6.07, 6.45) is 5.61. The highest BCUT2D eigenvalue weighted by atomic mass is 32.1. The van der Waals surface area contributed by atoms with Gasteiger partial charge < -0.3 is 5.73 Å². The van der Waals surface area contributed by atoms with E-state index in [1.165, 1.54) is 48.6 Å². The molecule has 0 bridgehead atoms. The first kappa shape index (κ1) is 20.8. The number of allylic oxidation sites excluding steroid dienone is 3. The molecule has 2 N–H and O–H groups in total. The molecule has 2 nitrogen and oxygen atoms in total. The molecule has 3 heteroatoms. The Bertz CT molecular complexity index is 1530. The first-order valence-corrected chi connectivity index (χ1v) is 11.7. The second-order valence-corrected chi connectivity index (χ2v) is 9.01. The first-order chi connectivity index (χ1) is 16.2. The molecule has 158 valence electrons. The Morgan fingerprint density at radius 3 is 1.91 bits per heavy atom. The van der Waals surface area contributed by atoms with E-state index in [2.05, 4.69) is 97.1 Å². The van der Waals surface area contributed by atoms with Gasteiger partial charge in [0.05, 0.1) is 6.07 Å². The molecule has 0 fully saturated rings. The van der Waals surface area contributed by atoms with Crippen molar-refractivity contribution in [3.8, 4) is 28.3 Å². The summed E-state index contributed by atoms with van der Waals surface area (Å²) in [7, 11) is 0. The molecule has 33 heavy (non-hydrogen) atoms. The van der Waals surface area contributed by atoms with Crippen LogP contribution in [0.25, 0.3) is 42.4 Å². The SMILES string of the molecule is N#CC(/C=C\N)=C/Cc1ccc(-c2ccc3c(c2)sc2cc(-c4ccccc4)ccc23)cc1. The van der Waals surface area contributed by atoms with Crippen LogP contribution in [-0.4, -0.2) is 0 Å². The number of benzene rings is 4. The molecule has 0 aliphatic carbocycles. The van der Waals surface area contributed by atoms with Crippen molar-refractivity contribution in [1.82, 2.24) is 0 Å². The number of nitrogens with two attached hydrogens (primary N) is 1. The molecule has 0 radical (unpaired) electrons. The Morgan fingerprint density at radius 1 is 0.758 bits per heavy atom. The van der Waals surface area contributed by atoms with Crippen molar-refractivity contribution >= 4 is 31.5 Å². The molecule has 0 aliphatic heterocycles. The third-order valence-corrected chi connectivity index (χ3v) is 6.95. The van der Waals surface area contributed by atoms with Crippen molar-refractivity contribution in [2.75, 3.05) is 0 Å². The van der Waals surface area contributed by atoms with Gasteiger partial charge in [-0.15, -0.1) is 11.3 Å². The third kappa shape index (κ3) is 4.30. The van der Waals surface area contributed by atoms with Gasteiger partial charge in [0.25, 0.3) is 0 Å². The van der Waals surface area contributed by atoms with Crippen LogP contribution in [0.3, 0.4) is 0 Å². The fourth-order valence-electron chi connectivity index (χ4n) is 4.08. The number of nitriles is 1. The van der Waals surface area contributed by atoms with Crippen LogP contribution in [-0.2, 0) is 6.42 Å². The lowest BCUT2D eigenvalue weighted by Gasteiger charge is -2.04. The Balaban J connectivity index is 1.44. The highest BCUT2D eigenvalue weighted by Crippen LogP contribution is 2.38. The standard InChI is InChI=1S/C30H22N2S/c31-17-16-22(20-32)7-6-21-8-10-24(11-9-21)26-13-15-28-27-14-12-25(23-4-2-1-3-5-23)18-29(27)33-30(28)19-26/h1-5,7-19H,6,31H2/b17-16-,22-7+. The molecule has 4 aromatic carbocycles. The van der Waals surface area contributed by atoms with Gasteiger partial charge in [0.2, 0.25) is 0 Å². The van der Waals surface area contributed by atoms with E-state index in [0.29, 0.717) is 12.0 Å². The summed E-state index contributed by atoms with van der Waals surface area (Å²) < 4.78 is 2.61. The van der Waals surface area contributed by atoms with Crippen LogP contribution in [0, 0.1) is 11.3 Å². The van der Waals surface area contributed by atoms with Crippen LogP contribution in [0.1, 0.15) is 5.56 Å². The minimum atomic E-state index is 0.576. The topological polar surface area (TPSA) is 49.8 Å². The third-order valence-electron chi connectivity index (χ3n) is 5.83. The fourth-order valence-corrected chi connectivity index (χ4v) is 5.27. The number of hydrogen-bond donors (Lipinski definition) is 1. The van der Waals surface area contributed by atoms with E-state index in [1.807, 2.05) is 17.4 Å². The van der Waals surface area contributed by atoms with Gasteiger partial charge in [-0.2, -0.15) is 5.26 Å². The van der Waals surface area contributed by atoms with Gasteiger partial charge >= 0.3 is 0 Å². The Kier molecular flexibility index (Phi) is 5.76. The summed E-state index contributed by atoms with van der Waals surface area (Å²) in [5, 5.41) is 11.7. The molecule has 1 heterocycles. The van der Waals surface area contributed by atoms with Crippen LogP contribution in [0.2, 0.25) is 0 Å². The van der Waals surface area contributed by atoms with Gasteiger partial charge in [0.1, 0.15) is 0 Å². The predicted molar refractivity (Wildman–Crippen MR) is 141 cm³/mol. The highest BCUT2D eigenvalue weighted by molar-refractivity contribution is 7.25. The number of thiophene rings is 1. The van der Waals surface area contributed by atoms with Crippen molar-refractivity contribution in [3.05, 3.63) is 120 Å². The summed E-state index contributed by atoms with van der Waals surface area (Å²) in [6.45, 7) is 0. The zero-order valence-electron chi connectivity index (χ0n) is 18.0. The second-order valence-electron chi connectivity index (χ2n) is 7.92. The molecule has 0 aliphatic rings. The molecule has 5 aromatic rings. The van der Waals surface area contributed by atoms with Crippen LogP contribution >= 0.6 is 11.3 Å². The smallest absolute Gasteiger partial charge is 0.0988 e. The summed E-state index contributed by atoms with van der Waals surface area (Å²) in [4.78, 5) is 0. The highest BCUT2D eigenvalue weighted by Gasteiger charge is 2.08. The van der Waals surface area contributed by atoms with Crippen molar-refractivity contribution < 1.29 is 0 Å². The molecule has 0 saturated heterocycles. The quantitative estimate of drug-likeness (QED) is 0.222. The maximum absolute atomic E-state index is 9.12. The van der Waals surface area contributed by atoms with Crippen molar-refractivity contribution in [2.24, 2.45) is 5.73 Å². The van der Waals surface area contributed by atoms with Crippen LogP contribution in [0.15, 0.2) is 115 Å². The average Bonchev–Trinajstić information content (AvgIpc) is 3.24. The zero-order chi connectivity index (χ0) is 22.6. The van der Waals surface area contributed by atoms with Gasteiger partial charge in [0, 0.05) is 25.7 Å². The first-order valence-electron chi connectivity index (χ1n) is 10.8.